The number of hydrogen-bond donors (Lipinski definition) is 4. The summed E-state index contributed by atoms with van der Waals surface area (Å²) in [5, 5.41) is 12.4. The quantitative estimate of drug-likeness (QED) is 0.281. The Bertz CT molecular complexity index is 1020. The van der Waals surface area contributed by atoms with Crippen molar-refractivity contribution in [2.24, 2.45) is 0 Å². The maximum atomic E-state index is 13.1. The lowest BCUT2D eigenvalue weighted by Crippen LogP contribution is -2.63. The van der Waals surface area contributed by atoms with E-state index in [0.717, 1.165) is 6.42 Å². The summed E-state index contributed by atoms with van der Waals surface area (Å²) >= 11 is 5.85. The largest absolute Gasteiger partial charge is 0.493 e. The van der Waals surface area contributed by atoms with Crippen LogP contribution in [0.3, 0.4) is 0 Å². The smallest absolute Gasteiger partial charge is 0.252 e. The Morgan fingerprint density at radius 2 is 1.54 bits per heavy atom. The lowest BCUT2D eigenvalue weighted by atomic mass is 9.86. The molecule has 0 aliphatic carbocycles. The number of carbonyl (C=O) groups is 3. The fourth-order valence-electron chi connectivity index (χ4n) is 3.74. The second-order valence-corrected chi connectivity index (χ2v) is 8.69. The maximum Gasteiger partial charge on any atom is 0.252 e. The van der Waals surface area contributed by atoms with Gasteiger partial charge in [-0.05, 0) is 80.9 Å². The van der Waals surface area contributed by atoms with Gasteiger partial charge >= 0.3 is 0 Å². The molecule has 1 fully saturated rings. The highest BCUT2D eigenvalue weighted by atomic mass is 35.5. The molecule has 2 aromatic carbocycles. The first-order valence-electron chi connectivity index (χ1n) is 11.6. The van der Waals surface area contributed by atoms with Crippen LogP contribution in [0.25, 0.3) is 0 Å². The molecule has 0 bridgehead atoms. The van der Waals surface area contributed by atoms with Crippen LogP contribution in [0.5, 0.6) is 5.75 Å². The van der Waals surface area contributed by atoms with Gasteiger partial charge in [0, 0.05) is 29.2 Å². The third-order valence-corrected chi connectivity index (χ3v) is 6.01. The molecule has 35 heavy (non-hydrogen) atoms. The van der Waals surface area contributed by atoms with E-state index in [4.69, 9.17) is 16.3 Å². The number of hydrogen-bond acceptors (Lipinski definition) is 5. The fourth-order valence-corrected chi connectivity index (χ4v) is 3.87. The molecule has 0 aromatic heterocycles. The number of halogens is 1. The number of rotatable bonds is 11. The number of benzene rings is 2. The summed E-state index contributed by atoms with van der Waals surface area (Å²) < 4.78 is 5.58. The lowest BCUT2D eigenvalue weighted by molar-refractivity contribution is -0.128. The Labute approximate surface area is 210 Å². The van der Waals surface area contributed by atoms with E-state index in [9.17, 15) is 14.4 Å². The van der Waals surface area contributed by atoms with Crippen molar-refractivity contribution in [3.8, 4) is 5.75 Å². The zero-order valence-corrected chi connectivity index (χ0v) is 20.3. The van der Waals surface area contributed by atoms with Gasteiger partial charge in [0.05, 0.1) is 6.61 Å². The molecule has 0 unspecified atom stereocenters. The topological polar surface area (TPSA) is 109 Å². The summed E-state index contributed by atoms with van der Waals surface area (Å²) in [7, 11) is 0. The highest BCUT2D eigenvalue weighted by molar-refractivity contribution is 6.30. The summed E-state index contributed by atoms with van der Waals surface area (Å²) in [5.74, 6) is -0.177. The standard InChI is InChI=1S/C26H31ClN4O4/c1-2-3-18-35-22-10-6-20(7-11-22)24(33)31-26(12-14-28-15-13-26)25(34)30-17-16-29-23(32)19-4-8-21(27)9-5-19/h2,4-11,28H,1,3,12-18H2,(H,29,32)(H,30,34)(H,31,33). The maximum absolute atomic E-state index is 13.1. The molecule has 1 aliphatic heterocycles. The first-order chi connectivity index (χ1) is 16.9. The number of nitrogens with one attached hydrogen (secondary N) is 4. The van der Waals surface area contributed by atoms with Crippen molar-refractivity contribution >= 4 is 29.3 Å². The summed E-state index contributed by atoms with van der Waals surface area (Å²) in [6, 6.07) is 13.4. The second kappa shape index (κ2) is 12.9. The van der Waals surface area contributed by atoms with Gasteiger partial charge in [-0.3, -0.25) is 14.4 Å². The molecule has 4 N–H and O–H groups in total. The van der Waals surface area contributed by atoms with Gasteiger partial charge in [-0.2, -0.15) is 0 Å². The van der Waals surface area contributed by atoms with Gasteiger partial charge in [0.2, 0.25) is 5.91 Å². The molecular weight excluding hydrogens is 468 g/mol. The average Bonchev–Trinajstić information content (AvgIpc) is 2.88. The highest BCUT2D eigenvalue weighted by Gasteiger charge is 2.40. The van der Waals surface area contributed by atoms with Crippen LogP contribution >= 0.6 is 11.6 Å². The van der Waals surface area contributed by atoms with E-state index in [-0.39, 0.29) is 30.8 Å². The zero-order valence-electron chi connectivity index (χ0n) is 19.6. The molecule has 1 heterocycles. The van der Waals surface area contributed by atoms with E-state index < -0.39 is 5.54 Å². The van der Waals surface area contributed by atoms with Crippen LogP contribution in [-0.4, -0.2) is 56.0 Å². The first-order valence-corrected chi connectivity index (χ1v) is 12.0. The Morgan fingerprint density at radius 3 is 2.20 bits per heavy atom. The van der Waals surface area contributed by atoms with Crippen molar-refractivity contribution < 1.29 is 19.1 Å². The molecule has 8 nitrogen and oxygen atoms in total. The van der Waals surface area contributed by atoms with Crippen LogP contribution in [0, 0.1) is 0 Å². The van der Waals surface area contributed by atoms with E-state index in [2.05, 4.69) is 27.8 Å². The van der Waals surface area contributed by atoms with Crippen molar-refractivity contribution in [3.05, 3.63) is 77.3 Å². The third kappa shape index (κ3) is 7.56. The van der Waals surface area contributed by atoms with Crippen molar-refractivity contribution in [2.75, 3.05) is 32.8 Å². The van der Waals surface area contributed by atoms with Crippen molar-refractivity contribution in [3.63, 3.8) is 0 Å². The zero-order chi connectivity index (χ0) is 25.1. The normalized spacial score (nSPS) is 14.4. The molecule has 186 valence electrons. The van der Waals surface area contributed by atoms with E-state index in [1.165, 1.54) is 0 Å². The predicted molar refractivity (Wildman–Crippen MR) is 136 cm³/mol. The van der Waals surface area contributed by atoms with Crippen LogP contribution in [0.15, 0.2) is 61.2 Å². The van der Waals surface area contributed by atoms with Gasteiger partial charge in [-0.1, -0.05) is 17.7 Å². The van der Waals surface area contributed by atoms with Crippen molar-refractivity contribution in [1.29, 1.82) is 0 Å². The van der Waals surface area contributed by atoms with Gasteiger partial charge < -0.3 is 26.0 Å². The van der Waals surface area contributed by atoms with Crippen LogP contribution in [0.4, 0.5) is 0 Å². The van der Waals surface area contributed by atoms with E-state index in [1.807, 2.05) is 0 Å². The minimum Gasteiger partial charge on any atom is -0.493 e. The summed E-state index contributed by atoms with van der Waals surface area (Å²) in [5.41, 5.74) is -0.0938. The number of carbonyl (C=O) groups excluding carboxylic acids is 3. The Hall–Kier alpha value is -3.36. The summed E-state index contributed by atoms with van der Waals surface area (Å²) in [4.78, 5) is 38.3. The van der Waals surface area contributed by atoms with Crippen LogP contribution < -0.4 is 26.0 Å². The van der Waals surface area contributed by atoms with Gasteiger partial charge in [-0.25, -0.2) is 0 Å². The summed E-state index contributed by atoms with van der Waals surface area (Å²) in [6.07, 6.45) is 3.44. The van der Waals surface area contributed by atoms with Gasteiger partial charge in [-0.15, -0.1) is 6.58 Å². The fraction of sp³-hybridized carbons (Fsp3) is 0.346. The van der Waals surface area contributed by atoms with Crippen molar-refractivity contribution in [1.82, 2.24) is 21.3 Å². The van der Waals surface area contributed by atoms with E-state index >= 15 is 0 Å². The van der Waals surface area contributed by atoms with Crippen LogP contribution in [-0.2, 0) is 4.79 Å². The number of piperidine rings is 1. The molecule has 0 radical (unpaired) electrons. The van der Waals surface area contributed by atoms with Crippen LogP contribution in [0.1, 0.15) is 40.0 Å². The minimum atomic E-state index is -1.03. The Morgan fingerprint density at radius 1 is 0.943 bits per heavy atom. The Kier molecular flexibility index (Phi) is 9.69. The molecular formula is C26H31ClN4O4. The molecule has 0 spiro atoms. The molecule has 3 rings (SSSR count). The average molecular weight is 499 g/mol. The SMILES string of the molecule is C=CCCOc1ccc(C(=O)NC2(C(=O)NCCNC(=O)c3ccc(Cl)cc3)CCNCC2)cc1. The lowest BCUT2D eigenvalue weighted by Gasteiger charge is -2.37. The van der Waals surface area contributed by atoms with Crippen molar-refractivity contribution in [2.45, 2.75) is 24.8 Å². The van der Waals surface area contributed by atoms with Crippen LogP contribution in [0.2, 0.25) is 5.02 Å². The monoisotopic (exact) mass is 498 g/mol. The molecule has 0 atom stereocenters. The number of ether oxygens (including phenoxy) is 1. The Balaban J connectivity index is 1.54. The third-order valence-electron chi connectivity index (χ3n) is 5.75. The van der Waals surface area contributed by atoms with Gasteiger partial charge in [0.1, 0.15) is 11.3 Å². The predicted octanol–water partition coefficient (Wildman–Crippen LogP) is 2.69. The van der Waals surface area contributed by atoms with Gasteiger partial charge in [0.15, 0.2) is 0 Å². The summed E-state index contributed by atoms with van der Waals surface area (Å²) in [6.45, 7) is 5.88. The molecule has 2 aromatic rings. The molecule has 0 saturated carbocycles. The van der Waals surface area contributed by atoms with E-state index in [0.29, 0.717) is 54.4 Å². The van der Waals surface area contributed by atoms with E-state index in [1.54, 1.807) is 54.6 Å². The molecule has 1 aliphatic rings. The highest BCUT2D eigenvalue weighted by Crippen LogP contribution is 2.20. The molecule has 3 amide bonds. The molecule has 1 saturated heterocycles. The second-order valence-electron chi connectivity index (χ2n) is 8.26. The first kappa shape index (κ1) is 26.2. The molecule has 9 heteroatoms. The minimum absolute atomic E-state index is 0.236. The number of amides is 3. The van der Waals surface area contributed by atoms with Gasteiger partial charge in [0.25, 0.3) is 11.8 Å².